The molecule has 0 saturated carbocycles. The molecular formula is C62H44N2. The van der Waals surface area contributed by atoms with Crippen LogP contribution in [-0.2, 0) is 5.41 Å². The van der Waals surface area contributed by atoms with E-state index in [0.717, 1.165) is 17.1 Å². The summed E-state index contributed by atoms with van der Waals surface area (Å²) in [5.74, 6) is 0. The lowest BCUT2D eigenvalue weighted by atomic mass is 9.74. The van der Waals surface area contributed by atoms with Crippen molar-refractivity contribution in [2.75, 3.05) is 4.90 Å². The molecule has 1 aromatic heterocycles. The number of rotatable bonds is 8. The normalized spacial score (nSPS) is 14.1. The highest BCUT2D eigenvalue weighted by Gasteiger charge is 2.41. The van der Waals surface area contributed by atoms with Gasteiger partial charge < -0.3 is 9.47 Å². The molecule has 2 heteroatoms. The number of para-hydroxylation sites is 2. The molecule has 0 bridgehead atoms. The van der Waals surface area contributed by atoms with Gasteiger partial charge in [-0.05, 0) is 141 Å². The van der Waals surface area contributed by atoms with E-state index in [4.69, 9.17) is 0 Å². The summed E-state index contributed by atoms with van der Waals surface area (Å²) in [6.07, 6.45) is 0. The molecule has 0 fully saturated rings. The maximum absolute atomic E-state index is 2.43. The molecule has 1 aliphatic carbocycles. The Morgan fingerprint density at radius 2 is 0.828 bits per heavy atom. The molecular weight excluding hydrogens is 773 g/mol. The van der Waals surface area contributed by atoms with E-state index in [0.29, 0.717) is 0 Å². The molecule has 64 heavy (non-hydrogen) atoms. The van der Waals surface area contributed by atoms with Gasteiger partial charge in [0.2, 0.25) is 0 Å². The standard InChI is InChI=1S/C62H44N2/c1-62(49-20-7-3-8-21-49)58-26-13-11-24-54(58)55-38-37-53(42-59(55)62)63(51-33-28-44(29-34-51)47-19-15-18-46(40-47)43-16-5-2-6-17-43)52-35-30-45(31-36-52)48-32-39-61-57(41-48)56-25-12-14-27-60(56)64(61)50-22-9-4-10-23-50/h2-42H,1H3. The number of aromatic nitrogens is 1. The minimum absolute atomic E-state index is 0.311. The third-order valence-corrected chi connectivity index (χ3v) is 13.5. The fourth-order valence-electron chi connectivity index (χ4n) is 10.3. The molecule has 10 aromatic carbocycles. The van der Waals surface area contributed by atoms with Crippen molar-refractivity contribution >= 4 is 38.9 Å². The Labute approximate surface area is 374 Å². The molecule has 0 saturated heterocycles. The quantitative estimate of drug-likeness (QED) is 0.148. The average Bonchev–Trinajstić information content (AvgIpc) is 3.84. The van der Waals surface area contributed by atoms with Crippen LogP contribution < -0.4 is 4.90 Å². The fourth-order valence-corrected chi connectivity index (χ4v) is 10.3. The Morgan fingerprint density at radius 1 is 0.328 bits per heavy atom. The van der Waals surface area contributed by atoms with Gasteiger partial charge in [-0.1, -0.05) is 176 Å². The van der Waals surface area contributed by atoms with Crippen molar-refractivity contribution in [3.8, 4) is 50.2 Å². The summed E-state index contributed by atoms with van der Waals surface area (Å²) in [5, 5.41) is 2.50. The molecule has 1 aliphatic rings. The minimum Gasteiger partial charge on any atom is -0.310 e. The Bertz CT molecular complexity index is 3480. The van der Waals surface area contributed by atoms with Crippen LogP contribution in [0.3, 0.4) is 0 Å². The molecule has 12 rings (SSSR count). The number of hydrogen-bond donors (Lipinski definition) is 0. The zero-order valence-electron chi connectivity index (χ0n) is 35.6. The molecule has 0 N–H and O–H groups in total. The smallest absolute Gasteiger partial charge is 0.0541 e. The van der Waals surface area contributed by atoms with Crippen LogP contribution in [0.5, 0.6) is 0 Å². The first-order chi connectivity index (χ1) is 31.6. The fraction of sp³-hybridized carbons (Fsp3) is 0.0323. The first-order valence-electron chi connectivity index (χ1n) is 22.2. The van der Waals surface area contributed by atoms with Crippen LogP contribution in [0.15, 0.2) is 249 Å². The second-order valence-electron chi connectivity index (χ2n) is 17.1. The minimum atomic E-state index is -0.311. The van der Waals surface area contributed by atoms with Crippen molar-refractivity contribution in [2.24, 2.45) is 0 Å². The summed E-state index contributed by atoms with van der Waals surface area (Å²) < 4.78 is 2.37. The van der Waals surface area contributed by atoms with Crippen LogP contribution in [0, 0.1) is 0 Å². The zero-order valence-corrected chi connectivity index (χ0v) is 35.6. The highest BCUT2D eigenvalue weighted by Crippen LogP contribution is 2.54. The monoisotopic (exact) mass is 816 g/mol. The van der Waals surface area contributed by atoms with Crippen LogP contribution in [0.4, 0.5) is 17.1 Å². The summed E-state index contributed by atoms with van der Waals surface area (Å²) in [7, 11) is 0. The van der Waals surface area contributed by atoms with Gasteiger partial charge >= 0.3 is 0 Å². The highest BCUT2D eigenvalue weighted by molar-refractivity contribution is 6.10. The lowest BCUT2D eigenvalue weighted by Gasteiger charge is -2.31. The van der Waals surface area contributed by atoms with Gasteiger partial charge in [0.05, 0.1) is 11.0 Å². The number of fused-ring (bicyclic) bond motifs is 6. The number of hydrogen-bond acceptors (Lipinski definition) is 1. The molecule has 11 aromatic rings. The maximum atomic E-state index is 2.43. The van der Waals surface area contributed by atoms with Crippen molar-refractivity contribution in [2.45, 2.75) is 12.3 Å². The number of nitrogens with zero attached hydrogens (tertiary/aromatic N) is 2. The molecule has 1 heterocycles. The lowest BCUT2D eigenvalue weighted by Crippen LogP contribution is -2.22. The van der Waals surface area contributed by atoms with Gasteiger partial charge in [0.15, 0.2) is 0 Å². The molecule has 0 aliphatic heterocycles. The van der Waals surface area contributed by atoms with E-state index >= 15 is 0 Å². The van der Waals surface area contributed by atoms with E-state index in [2.05, 4.69) is 265 Å². The Hall–Kier alpha value is -8.20. The van der Waals surface area contributed by atoms with Crippen molar-refractivity contribution in [3.05, 3.63) is 265 Å². The topological polar surface area (TPSA) is 8.17 Å². The summed E-state index contributed by atoms with van der Waals surface area (Å²) in [5.41, 5.74) is 20.3. The Morgan fingerprint density at radius 3 is 1.53 bits per heavy atom. The van der Waals surface area contributed by atoms with Crippen LogP contribution in [-0.4, -0.2) is 4.57 Å². The summed E-state index contributed by atoms with van der Waals surface area (Å²) in [6.45, 7) is 2.39. The van der Waals surface area contributed by atoms with Crippen molar-refractivity contribution in [1.29, 1.82) is 0 Å². The molecule has 1 atom stereocenters. The van der Waals surface area contributed by atoms with Gasteiger partial charge in [-0.2, -0.15) is 0 Å². The van der Waals surface area contributed by atoms with Crippen molar-refractivity contribution in [3.63, 3.8) is 0 Å². The van der Waals surface area contributed by atoms with Crippen LogP contribution in [0.25, 0.3) is 72.0 Å². The Balaban J connectivity index is 0.969. The molecule has 302 valence electrons. The van der Waals surface area contributed by atoms with E-state index in [1.54, 1.807) is 0 Å². The predicted molar refractivity (Wildman–Crippen MR) is 269 cm³/mol. The van der Waals surface area contributed by atoms with E-state index in [-0.39, 0.29) is 5.41 Å². The third kappa shape index (κ3) is 6.18. The molecule has 0 spiro atoms. The number of anilines is 3. The second kappa shape index (κ2) is 15.3. The van der Waals surface area contributed by atoms with Crippen LogP contribution >= 0.6 is 0 Å². The first-order valence-corrected chi connectivity index (χ1v) is 22.2. The van der Waals surface area contributed by atoms with E-state index < -0.39 is 0 Å². The SMILES string of the molecule is CC1(c2ccccc2)c2ccccc2-c2ccc(N(c3ccc(-c4cccc(-c5ccccc5)c4)cc3)c3ccc(-c4ccc5c(c4)c4ccccc4n5-c4ccccc4)cc3)cc21. The average molecular weight is 817 g/mol. The van der Waals surface area contributed by atoms with Gasteiger partial charge in [-0.15, -0.1) is 0 Å². The molecule has 1 unspecified atom stereocenters. The molecule has 2 nitrogen and oxygen atoms in total. The third-order valence-electron chi connectivity index (χ3n) is 13.5. The second-order valence-corrected chi connectivity index (χ2v) is 17.1. The van der Waals surface area contributed by atoms with Gasteiger partial charge in [0.1, 0.15) is 0 Å². The van der Waals surface area contributed by atoms with Gasteiger partial charge in [-0.25, -0.2) is 0 Å². The largest absolute Gasteiger partial charge is 0.310 e. The highest BCUT2D eigenvalue weighted by atomic mass is 15.1. The van der Waals surface area contributed by atoms with E-state index in [1.165, 1.54) is 88.7 Å². The number of benzene rings is 10. The van der Waals surface area contributed by atoms with Gasteiger partial charge in [-0.3, -0.25) is 0 Å². The van der Waals surface area contributed by atoms with Gasteiger partial charge in [0.25, 0.3) is 0 Å². The van der Waals surface area contributed by atoms with Crippen molar-refractivity contribution in [1.82, 2.24) is 4.57 Å². The van der Waals surface area contributed by atoms with Crippen molar-refractivity contribution < 1.29 is 0 Å². The molecule has 0 radical (unpaired) electrons. The lowest BCUT2D eigenvalue weighted by molar-refractivity contribution is 0.714. The predicted octanol–water partition coefficient (Wildman–Crippen LogP) is 16.6. The first kappa shape index (κ1) is 37.6. The summed E-state index contributed by atoms with van der Waals surface area (Å²) in [6, 6.07) is 90.9. The van der Waals surface area contributed by atoms with Crippen LogP contribution in [0.1, 0.15) is 23.6 Å². The van der Waals surface area contributed by atoms with E-state index in [9.17, 15) is 0 Å². The Kier molecular flexibility index (Phi) is 8.98. The summed E-state index contributed by atoms with van der Waals surface area (Å²) in [4.78, 5) is 2.42. The van der Waals surface area contributed by atoms with Gasteiger partial charge in [0, 0.05) is 38.9 Å². The summed E-state index contributed by atoms with van der Waals surface area (Å²) >= 11 is 0. The van der Waals surface area contributed by atoms with E-state index in [1.807, 2.05) is 0 Å². The molecule has 0 amide bonds. The van der Waals surface area contributed by atoms with Crippen LogP contribution in [0.2, 0.25) is 0 Å². The maximum Gasteiger partial charge on any atom is 0.0541 e. The zero-order chi connectivity index (χ0) is 42.6.